The van der Waals surface area contributed by atoms with Gasteiger partial charge in [0.15, 0.2) is 5.82 Å². The molecule has 0 radical (unpaired) electrons. The van der Waals surface area contributed by atoms with Crippen molar-refractivity contribution in [1.29, 1.82) is 0 Å². The van der Waals surface area contributed by atoms with E-state index >= 15 is 0 Å². The first-order chi connectivity index (χ1) is 14.7. The quantitative estimate of drug-likeness (QED) is 0.546. The number of pyridine rings is 1. The first-order valence-electron chi connectivity index (χ1n) is 10.0. The molecule has 0 amide bonds. The maximum atomic E-state index is 14.7. The molecule has 0 unspecified atom stereocenters. The molecule has 5 rings (SSSR count). The van der Waals surface area contributed by atoms with Crippen LogP contribution in [0, 0.1) is 5.82 Å². The van der Waals surface area contributed by atoms with Gasteiger partial charge < -0.3 is 5.73 Å². The summed E-state index contributed by atoms with van der Waals surface area (Å²) in [6, 6.07) is 14.2. The van der Waals surface area contributed by atoms with Crippen molar-refractivity contribution in [2.75, 3.05) is 0 Å². The van der Waals surface area contributed by atoms with Gasteiger partial charge in [-0.3, -0.25) is 4.40 Å². The van der Waals surface area contributed by atoms with Gasteiger partial charge in [-0.15, -0.1) is 0 Å². The van der Waals surface area contributed by atoms with Crippen LogP contribution in [-0.4, -0.2) is 31.1 Å². The van der Waals surface area contributed by atoms with Crippen molar-refractivity contribution in [3.05, 3.63) is 66.9 Å². The fourth-order valence-corrected chi connectivity index (χ4v) is 3.78. The molecule has 0 spiro atoms. The van der Waals surface area contributed by atoms with Gasteiger partial charge in [0, 0.05) is 18.0 Å². The average molecular weight is 400 g/mol. The largest absolute Gasteiger partial charge is 0.328 e. The van der Waals surface area contributed by atoms with E-state index in [-0.39, 0.29) is 17.7 Å². The zero-order chi connectivity index (χ0) is 20.5. The lowest BCUT2D eigenvalue weighted by Gasteiger charge is -2.18. The minimum Gasteiger partial charge on any atom is -0.328 e. The average Bonchev–Trinajstić information content (AvgIpc) is 3.20. The molecule has 1 aliphatic carbocycles. The number of rotatable bonds is 3. The third kappa shape index (κ3) is 3.59. The highest BCUT2D eigenvalue weighted by molar-refractivity contribution is 5.87. The van der Waals surface area contributed by atoms with E-state index in [2.05, 4.69) is 19.9 Å². The number of nitrogens with two attached hydrogens (primary N) is 1. The number of fused-ring (bicyclic) bond motifs is 1. The lowest BCUT2D eigenvalue weighted by Crippen LogP contribution is -2.26. The summed E-state index contributed by atoms with van der Waals surface area (Å²) in [7, 11) is 0. The van der Waals surface area contributed by atoms with Crippen LogP contribution < -0.4 is 5.73 Å². The Hall–Kier alpha value is -3.45. The van der Waals surface area contributed by atoms with Crippen LogP contribution in [0.25, 0.3) is 28.2 Å². The highest BCUT2D eigenvalue weighted by Gasteiger charge is 2.17. The normalized spacial score (nSPS) is 16.7. The molecule has 3 heterocycles. The topological polar surface area (TPSA) is 81.5 Å². The Labute approximate surface area is 173 Å². The van der Waals surface area contributed by atoms with Gasteiger partial charge >= 0.3 is 0 Å². The van der Waals surface area contributed by atoms with Gasteiger partial charge in [0.1, 0.15) is 11.3 Å². The van der Waals surface area contributed by atoms with Crippen LogP contribution >= 0.6 is 0 Å². The number of halogens is 1. The number of benzene rings is 1. The third-order valence-corrected chi connectivity index (χ3v) is 5.45. The molecule has 0 saturated heterocycles. The van der Waals surface area contributed by atoms with Crippen LogP contribution in [0.3, 0.4) is 0 Å². The maximum Gasteiger partial charge on any atom is 0.250 e. The van der Waals surface area contributed by atoms with E-state index in [0.29, 0.717) is 5.69 Å². The predicted molar refractivity (Wildman–Crippen MR) is 115 cm³/mol. The Kier molecular flexibility index (Phi) is 4.80. The van der Waals surface area contributed by atoms with E-state index in [0.717, 1.165) is 48.2 Å². The first-order valence-corrected chi connectivity index (χ1v) is 10.0. The zero-order valence-corrected chi connectivity index (χ0v) is 16.4. The number of aromatic nitrogens is 4. The summed E-state index contributed by atoms with van der Waals surface area (Å²) >= 11 is 0. The summed E-state index contributed by atoms with van der Waals surface area (Å²) in [5, 5.41) is 0. The van der Waals surface area contributed by atoms with Crippen molar-refractivity contribution in [3.8, 4) is 22.5 Å². The summed E-state index contributed by atoms with van der Waals surface area (Å²) in [6.45, 7) is 0. The van der Waals surface area contributed by atoms with E-state index in [1.165, 1.54) is 6.20 Å². The molecule has 0 atom stereocenters. The molecule has 3 aromatic heterocycles. The van der Waals surface area contributed by atoms with Crippen molar-refractivity contribution in [1.82, 2.24) is 19.4 Å². The van der Waals surface area contributed by atoms with Gasteiger partial charge in [-0.25, -0.2) is 24.3 Å². The minimum atomic E-state index is -0.503. The number of hydrogen-bond acceptors (Lipinski definition) is 5. The highest BCUT2D eigenvalue weighted by atomic mass is 19.1. The Morgan fingerprint density at radius 2 is 1.77 bits per heavy atom. The van der Waals surface area contributed by atoms with Crippen molar-refractivity contribution >= 4 is 17.3 Å². The molecule has 150 valence electrons. The summed E-state index contributed by atoms with van der Waals surface area (Å²) in [6.07, 6.45) is 8.22. The molecule has 0 aliphatic heterocycles. The number of imidazole rings is 1. The molecule has 1 fully saturated rings. The Morgan fingerprint density at radius 3 is 2.57 bits per heavy atom. The van der Waals surface area contributed by atoms with Gasteiger partial charge in [0.2, 0.25) is 5.95 Å². The molecule has 1 saturated carbocycles. The van der Waals surface area contributed by atoms with Crippen molar-refractivity contribution in [3.63, 3.8) is 0 Å². The van der Waals surface area contributed by atoms with E-state index in [4.69, 9.17) is 5.73 Å². The van der Waals surface area contributed by atoms with Crippen LogP contribution in [0.2, 0.25) is 0 Å². The molecular formula is C23H21FN6. The summed E-state index contributed by atoms with van der Waals surface area (Å²) in [5.41, 5.74) is 10.5. The van der Waals surface area contributed by atoms with E-state index in [9.17, 15) is 4.39 Å². The Balaban J connectivity index is 1.56. The fourth-order valence-electron chi connectivity index (χ4n) is 3.78. The van der Waals surface area contributed by atoms with Crippen molar-refractivity contribution in [2.24, 2.45) is 10.7 Å². The smallest absolute Gasteiger partial charge is 0.250 e. The minimum absolute atomic E-state index is 0.189. The zero-order valence-electron chi connectivity index (χ0n) is 16.4. The number of aliphatic imine (C=N–C) groups is 1. The van der Waals surface area contributed by atoms with Gasteiger partial charge in [-0.05, 0) is 48.9 Å². The van der Waals surface area contributed by atoms with Gasteiger partial charge in [-0.1, -0.05) is 30.3 Å². The molecular weight excluding hydrogens is 379 g/mol. The second-order valence-corrected chi connectivity index (χ2v) is 7.54. The monoisotopic (exact) mass is 400 g/mol. The summed E-state index contributed by atoms with van der Waals surface area (Å²) in [4.78, 5) is 17.5. The molecule has 2 N–H and O–H groups in total. The number of hydrogen-bond donors (Lipinski definition) is 1. The van der Waals surface area contributed by atoms with Crippen molar-refractivity contribution < 1.29 is 4.39 Å². The second-order valence-electron chi connectivity index (χ2n) is 7.54. The van der Waals surface area contributed by atoms with Gasteiger partial charge in [0.05, 0.1) is 18.1 Å². The van der Waals surface area contributed by atoms with E-state index in [1.807, 2.05) is 53.1 Å². The van der Waals surface area contributed by atoms with Gasteiger partial charge in [-0.2, -0.15) is 0 Å². The molecule has 1 aliphatic rings. The summed E-state index contributed by atoms with van der Waals surface area (Å²) < 4.78 is 16.5. The Bertz CT molecular complexity index is 1220. The maximum absolute atomic E-state index is 14.7. The van der Waals surface area contributed by atoms with Crippen LogP contribution in [0.4, 0.5) is 10.3 Å². The summed E-state index contributed by atoms with van der Waals surface area (Å²) in [5.74, 6) is -0.234. The van der Waals surface area contributed by atoms with Crippen LogP contribution in [-0.2, 0) is 0 Å². The SMILES string of the molecule is NC1CCC(=Nc2ncc(F)c(-c3cnc4ccc(-c5ccccc5)cn34)n2)CC1. The molecule has 0 bridgehead atoms. The molecule has 1 aromatic carbocycles. The molecule has 4 aromatic rings. The standard InChI is InChI=1S/C23H21FN6/c24-19-12-27-23(28-18-9-7-17(25)8-10-18)29-22(19)20-13-26-21-11-6-16(14-30(20)21)15-4-2-1-3-5-15/h1-6,11-14,17H,7-10,25H2. The molecule has 7 heteroatoms. The van der Waals surface area contributed by atoms with Crippen LogP contribution in [0.5, 0.6) is 0 Å². The predicted octanol–water partition coefficient (Wildman–Crippen LogP) is 4.57. The molecule has 6 nitrogen and oxygen atoms in total. The second kappa shape index (κ2) is 7.76. The fraction of sp³-hybridized carbons (Fsp3) is 0.217. The molecule has 30 heavy (non-hydrogen) atoms. The lowest BCUT2D eigenvalue weighted by molar-refractivity contribution is 0.558. The third-order valence-electron chi connectivity index (χ3n) is 5.45. The first kappa shape index (κ1) is 18.6. The van der Waals surface area contributed by atoms with Crippen LogP contribution in [0.1, 0.15) is 25.7 Å². The van der Waals surface area contributed by atoms with Crippen LogP contribution in [0.15, 0.2) is 66.0 Å². The highest BCUT2D eigenvalue weighted by Crippen LogP contribution is 2.27. The van der Waals surface area contributed by atoms with Crippen molar-refractivity contribution in [2.45, 2.75) is 31.7 Å². The Morgan fingerprint density at radius 1 is 0.967 bits per heavy atom. The van der Waals surface area contributed by atoms with E-state index < -0.39 is 5.82 Å². The van der Waals surface area contributed by atoms with E-state index in [1.54, 1.807) is 6.20 Å². The number of nitrogens with zero attached hydrogens (tertiary/aromatic N) is 5. The van der Waals surface area contributed by atoms with Gasteiger partial charge in [0.25, 0.3) is 0 Å². The lowest BCUT2D eigenvalue weighted by atomic mass is 9.94.